The Morgan fingerprint density at radius 1 is 1.00 bits per heavy atom. The zero-order valence-electron chi connectivity index (χ0n) is 10.2. The van der Waals surface area contributed by atoms with Gasteiger partial charge >= 0.3 is 6.18 Å². The van der Waals surface area contributed by atoms with Gasteiger partial charge in [0.25, 0.3) is 0 Å². The predicted octanol–water partition coefficient (Wildman–Crippen LogP) is 3.51. The van der Waals surface area contributed by atoms with Crippen molar-refractivity contribution >= 4 is 5.69 Å². The normalized spacial score (nSPS) is 13.2. The molecule has 2 rings (SSSR count). The fraction of sp³-hybridized carbons (Fsp3) is 0.143. The Labute approximate surface area is 112 Å². The van der Waals surface area contributed by atoms with Crippen LogP contribution in [0.5, 0.6) is 0 Å². The molecule has 2 aromatic carbocycles. The van der Waals surface area contributed by atoms with E-state index in [1.807, 2.05) is 0 Å². The lowest BCUT2D eigenvalue weighted by Crippen LogP contribution is -2.10. The van der Waals surface area contributed by atoms with E-state index in [9.17, 15) is 22.7 Å². The molecule has 0 spiro atoms. The molecule has 106 valence electrons. The monoisotopic (exact) mass is 285 g/mol. The van der Waals surface area contributed by atoms with E-state index in [1.165, 1.54) is 18.2 Å². The highest BCUT2D eigenvalue weighted by Gasteiger charge is 2.31. The van der Waals surface area contributed by atoms with E-state index < -0.39 is 23.7 Å². The van der Waals surface area contributed by atoms with E-state index in [1.54, 1.807) is 0 Å². The van der Waals surface area contributed by atoms with Gasteiger partial charge in [-0.3, -0.25) is 0 Å². The van der Waals surface area contributed by atoms with Crippen LogP contribution < -0.4 is 5.73 Å². The quantitative estimate of drug-likeness (QED) is 0.655. The average molecular weight is 285 g/mol. The van der Waals surface area contributed by atoms with E-state index in [4.69, 9.17) is 5.73 Å². The fourth-order valence-corrected chi connectivity index (χ4v) is 1.85. The van der Waals surface area contributed by atoms with Gasteiger partial charge in [0.15, 0.2) is 0 Å². The maximum absolute atomic E-state index is 13.6. The molecule has 0 radical (unpaired) electrons. The molecule has 0 aliphatic heterocycles. The van der Waals surface area contributed by atoms with Gasteiger partial charge in [-0.15, -0.1) is 0 Å². The molecule has 1 atom stereocenters. The number of alkyl halides is 3. The summed E-state index contributed by atoms with van der Waals surface area (Å²) in [5.74, 6) is -0.711. The summed E-state index contributed by atoms with van der Waals surface area (Å²) in [6, 6.07) is 7.89. The molecule has 0 amide bonds. The van der Waals surface area contributed by atoms with Crippen LogP contribution in [0.25, 0.3) is 0 Å². The first-order valence-corrected chi connectivity index (χ1v) is 5.70. The van der Waals surface area contributed by atoms with Gasteiger partial charge in [0.05, 0.1) is 5.56 Å². The lowest BCUT2D eigenvalue weighted by atomic mass is 9.97. The van der Waals surface area contributed by atoms with Crippen LogP contribution in [0, 0.1) is 5.82 Å². The highest BCUT2D eigenvalue weighted by atomic mass is 19.4. The second-order valence-electron chi connectivity index (χ2n) is 4.27. The van der Waals surface area contributed by atoms with Crippen LogP contribution in [0.15, 0.2) is 42.5 Å². The number of nitrogen functional groups attached to an aromatic ring is 1. The third kappa shape index (κ3) is 2.75. The van der Waals surface area contributed by atoms with E-state index in [0.717, 1.165) is 24.3 Å². The smallest absolute Gasteiger partial charge is 0.398 e. The molecule has 0 fully saturated rings. The number of aliphatic hydroxyl groups is 1. The summed E-state index contributed by atoms with van der Waals surface area (Å²) in [6.45, 7) is 0. The Morgan fingerprint density at radius 3 is 2.25 bits per heavy atom. The van der Waals surface area contributed by atoms with E-state index in [2.05, 4.69) is 0 Å². The number of nitrogens with two attached hydrogens (primary N) is 1. The van der Waals surface area contributed by atoms with Gasteiger partial charge < -0.3 is 10.8 Å². The van der Waals surface area contributed by atoms with E-state index >= 15 is 0 Å². The minimum absolute atomic E-state index is 0.0336. The summed E-state index contributed by atoms with van der Waals surface area (Å²) in [4.78, 5) is 0. The number of aliphatic hydroxyl groups excluding tert-OH is 1. The second-order valence-corrected chi connectivity index (χ2v) is 4.27. The van der Waals surface area contributed by atoms with Crippen molar-refractivity contribution in [2.45, 2.75) is 12.3 Å². The second kappa shape index (κ2) is 5.13. The maximum atomic E-state index is 13.6. The van der Waals surface area contributed by atoms with Crippen LogP contribution in [0.4, 0.5) is 23.2 Å². The molecule has 0 heterocycles. The minimum atomic E-state index is -4.56. The molecular weight excluding hydrogens is 274 g/mol. The molecule has 6 heteroatoms. The Bertz CT molecular complexity index is 625. The van der Waals surface area contributed by atoms with E-state index in [-0.39, 0.29) is 16.8 Å². The first kappa shape index (κ1) is 14.3. The van der Waals surface area contributed by atoms with Gasteiger partial charge in [0, 0.05) is 16.8 Å². The van der Waals surface area contributed by atoms with Crippen molar-refractivity contribution < 1.29 is 22.7 Å². The summed E-state index contributed by atoms with van der Waals surface area (Å²) < 4.78 is 51.5. The topological polar surface area (TPSA) is 46.2 Å². The molecule has 1 unspecified atom stereocenters. The Hall–Kier alpha value is -2.08. The standard InChI is InChI=1S/C14H11F4NO/c15-11-4-2-1-3-9(11)13(20)10-7-8(14(16,17)18)5-6-12(10)19/h1-7,13,20H,19H2. The van der Waals surface area contributed by atoms with Gasteiger partial charge in [0.2, 0.25) is 0 Å². The molecule has 0 aliphatic rings. The lowest BCUT2D eigenvalue weighted by molar-refractivity contribution is -0.137. The van der Waals surface area contributed by atoms with Crippen molar-refractivity contribution in [1.29, 1.82) is 0 Å². The van der Waals surface area contributed by atoms with Crippen molar-refractivity contribution in [3.63, 3.8) is 0 Å². The largest absolute Gasteiger partial charge is 0.416 e. The molecule has 2 nitrogen and oxygen atoms in total. The predicted molar refractivity (Wildman–Crippen MR) is 66.3 cm³/mol. The van der Waals surface area contributed by atoms with Gasteiger partial charge in [-0.1, -0.05) is 18.2 Å². The fourth-order valence-electron chi connectivity index (χ4n) is 1.85. The van der Waals surface area contributed by atoms with Crippen LogP contribution in [-0.2, 0) is 6.18 Å². The molecule has 20 heavy (non-hydrogen) atoms. The van der Waals surface area contributed by atoms with Gasteiger partial charge in [-0.2, -0.15) is 13.2 Å². The lowest BCUT2D eigenvalue weighted by Gasteiger charge is -2.17. The highest BCUT2D eigenvalue weighted by Crippen LogP contribution is 2.35. The third-order valence-corrected chi connectivity index (χ3v) is 2.91. The summed E-state index contributed by atoms with van der Waals surface area (Å²) in [7, 11) is 0. The molecule has 0 aliphatic carbocycles. The molecule has 2 aromatic rings. The van der Waals surface area contributed by atoms with Crippen molar-refractivity contribution in [3.8, 4) is 0 Å². The highest BCUT2D eigenvalue weighted by molar-refractivity contribution is 5.52. The molecule has 0 bridgehead atoms. The summed E-state index contributed by atoms with van der Waals surface area (Å²) in [5.41, 5.74) is 4.29. The molecule has 0 saturated heterocycles. The summed E-state index contributed by atoms with van der Waals surface area (Å²) in [5, 5.41) is 10.1. The summed E-state index contributed by atoms with van der Waals surface area (Å²) in [6.07, 6.45) is -6.12. The molecule has 0 saturated carbocycles. The number of halogens is 4. The number of benzene rings is 2. The van der Waals surface area contributed by atoms with Gasteiger partial charge in [-0.05, 0) is 24.3 Å². The summed E-state index contributed by atoms with van der Waals surface area (Å²) >= 11 is 0. The number of hydrogen-bond donors (Lipinski definition) is 2. The van der Waals surface area contributed by atoms with Gasteiger partial charge in [-0.25, -0.2) is 4.39 Å². The zero-order valence-corrected chi connectivity index (χ0v) is 10.2. The number of rotatable bonds is 2. The SMILES string of the molecule is Nc1ccc(C(F)(F)F)cc1C(O)c1ccccc1F. The Balaban J connectivity index is 2.50. The van der Waals surface area contributed by atoms with Crippen LogP contribution in [-0.4, -0.2) is 5.11 Å². The molecular formula is C14H11F4NO. The van der Waals surface area contributed by atoms with Crippen LogP contribution >= 0.6 is 0 Å². The first-order chi connectivity index (χ1) is 9.30. The number of hydrogen-bond acceptors (Lipinski definition) is 2. The van der Waals surface area contributed by atoms with Gasteiger partial charge in [0.1, 0.15) is 11.9 Å². The average Bonchev–Trinajstić information content (AvgIpc) is 2.37. The first-order valence-electron chi connectivity index (χ1n) is 5.70. The van der Waals surface area contributed by atoms with Crippen LogP contribution in [0.2, 0.25) is 0 Å². The zero-order chi connectivity index (χ0) is 14.9. The minimum Gasteiger partial charge on any atom is -0.398 e. The van der Waals surface area contributed by atoms with Crippen molar-refractivity contribution in [1.82, 2.24) is 0 Å². The third-order valence-electron chi connectivity index (χ3n) is 2.91. The van der Waals surface area contributed by atoms with Crippen molar-refractivity contribution in [3.05, 3.63) is 65.0 Å². The van der Waals surface area contributed by atoms with Crippen molar-refractivity contribution in [2.75, 3.05) is 5.73 Å². The van der Waals surface area contributed by atoms with Crippen LogP contribution in [0.1, 0.15) is 22.8 Å². The molecule has 0 aromatic heterocycles. The molecule has 3 N–H and O–H groups in total. The van der Waals surface area contributed by atoms with Crippen LogP contribution in [0.3, 0.4) is 0 Å². The number of anilines is 1. The van der Waals surface area contributed by atoms with Crippen molar-refractivity contribution in [2.24, 2.45) is 0 Å². The Morgan fingerprint density at radius 2 is 1.65 bits per heavy atom. The maximum Gasteiger partial charge on any atom is 0.416 e. The Kier molecular flexibility index (Phi) is 3.67. The van der Waals surface area contributed by atoms with E-state index in [0.29, 0.717) is 0 Å².